The molecular formula is C8H9F3NP. The molecule has 0 N–H and O–H groups in total. The Kier molecular flexibility index (Phi) is 4.63. The zero-order chi connectivity index (χ0) is 10.5. The zero-order valence-corrected chi connectivity index (χ0v) is 8.02. The highest BCUT2D eigenvalue weighted by atomic mass is 31.0. The molecule has 0 aromatic carbocycles. The molecule has 1 heterocycles. The van der Waals surface area contributed by atoms with Crippen molar-refractivity contribution in [2.24, 2.45) is 0 Å². The number of alkyl halides is 3. The number of hydrogen-bond donors (Lipinski definition) is 0. The molecule has 0 aliphatic carbocycles. The topological polar surface area (TPSA) is 12.9 Å². The Hall–Kier alpha value is -0.890. The second kappa shape index (κ2) is 4.97. The summed E-state index contributed by atoms with van der Waals surface area (Å²) < 4.78 is 35.6. The maximum Gasteiger partial charge on any atom is 0.433 e. The van der Waals surface area contributed by atoms with Crippen molar-refractivity contribution in [3.8, 4) is 0 Å². The molecule has 0 saturated heterocycles. The van der Waals surface area contributed by atoms with E-state index in [0.29, 0.717) is 0 Å². The third-order valence-corrected chi connectivity index (χ3v) is 1.20. The van der Waals surface area contributed by atoms with Gasteiger partial charge in [-0.1, -0.05) is 12.4 Å². The standard InChI is InChI=1S/C7H6F3N.CH3P/c1-5-2-3-6(11-4-5)7(8,9)10;1-2/h2-4H,1H3;2H,1H2. The average Bonchev–Trinajstić information content (AvgIpc) is 2.07. The normalized spacial score (nSPS) is 10.2. The second-order valence-electron chi connectivity index (χ2n) is 2.22. The average molecular weight is 207 g/mol. The van der Waals surface area contributed by atoms with Crippen molar-refractivity contribution in [3.05, 3.63) is 29.6 Å². The summed E-state index contributed by atoms with van der Waals surface area (Å²) in [5, 5.41) is 0. The van der Waals surface area contributed by atoms with Crippen LogP contribution in [0.15, 0.2) is 18.3 Å². The molecule has 13 heavy (non-hydrogen) atoms. The molecule has 0 radical (unpaired) electrons. The first-order valence-electron chi connectivity index (χ1n) is 3.35. The fourth-order valence-corrected chi connectivity index (χ4v) is 0.635. The van der Waals surface area contributed by atoms with E-state index >= 15 is 0 Å². The largest absolute Gasteiger partial charge is 0.433 e. The zero-order valence-electron chi connectivity index (χ0n) is 7.02. The van der Waals surface area contributed by atoms with Gasteiger partial charge in [-0.05, 0) is 18.6 Å². The number of pyridine rings is 1. The van der Waals surface area contributed by atoms with E-state index in [4.69, 9.17) is 0 Å². The Morgan fingerprint density at radius 3 is 2.15 bits per heavy atom. The van der Waals surface area contributed by atoms with Crippen LogP contribution in [0.25, 0.3) is 0 Å². The quantitative estimate of drug-likeness (QED) is 0.596. The smallest absolute Gasteiger partial charge is 0.252 e. The number of hydrogen-bond acceptors (Lipinski definition) is 1. The minimum Gasteiger partial charge on any atom is -0.252 e. The van der Waals surface area contributed by atoms with Crippen molar-refractivity contribution < 1.29 is 13.2 Å². The summed E-state index contributed by atoms with van der Waals surface area (Å²) >= 11 is 0. The number of nitrogens with zero attached hydrogens (tertiary/aromatic N) is 1. The van der Waals surface area contributed by atoms with Crippen LogP contribution >= 0.6 is 8.86 Å². The van der Waals surface area contributed by atoms with Crippen LogP contribution in [-0.4, -0.2) is 11.3 Å². The predicted molar refractivity (Wildman–Crippen MR) is 49.4 cm³/mol. The molecule has 0 fully saturated rings. The van der Waals surface area contributed by atoms with Crippen LogP contribution in [0.2, 0.25) is 0 Å². The Morgan fingerprint density at radius 2 is 1.85 bits per heavy atom. The molecule has 0 spiro atoms. The Balaban J connectivity index is 0.000000671. The molecule has 1 nitrogen and oxygen atoms in total. The SMILES string of the molecule is C=P.Cc1ccc(C(F)(F)F)nc1. The van der Waals surface area contributed by atoms with Gasteiger partial charge in [0.15, 0.2) is 0 Å². The van der Waals surface area contributed by atoms with E-state index in [-0.39, 0.29) is 0 Å². The fourth-order valence-electron chi connectivity index (χ4n) is 0.635. The molecule has 1 aromatic heterocycles. The summed E-state index contributed by atoms with van der Waals surface area (Å²) in [6, 6.07) is 2.35. The number of aromatic nitrogens is 1. The Labute approximate surface area is 76.8 Å². The summed E-state index contributed by atoms with van der Waals surface area (Å²) in [6.45, 7) is 1.69. The molecule has 0 aliphatic rings. The maximum atomic E-state index is 11.9. The van der Waals surface area contributed by atoms with E-state index in [0.717, 1.165) is 11.6 Å². The van der Waals surface area contributed by atoms with Crippen molar-refractivity contribution in [2.75, 3.05) is 0 Å². The summed E-state index contributed by atoms with van der Waals surface area (Å²) in [6.07, 6.45) is -0.0729. The second-order valence-corrected chi connectivity index (χ2v) is 2.22. The lowest BCUT2D eigenvalue weighted by Crippen LogP contribution is -2.07. The first kappa shape index (κ1) is 12.1. The molecule has 1 aromatic rings. The van der Waals surface area contributed by atoms with E-state index in [1.54, 1.807) is 6.92 Å². The molecule has 72 valence electrons. The highest BCUT2D eigenvalue weighted by molar-refractivity contribution is 7.15. The van der Waals surface area contributed by atoms with E-state index in [1.807, 2.05) is 0 Å². The van der Waals surface area contributed by atoms with Crippen LogP contribution in [0, 0.1) is 6.92 Å². The summed E-state index contributed by atoms with van der Waals surface area (Å²) in [7, 11) is 2.72. The molecule has 0 saturated carbocycles. The minimum atomic E-state index is -4.33. The molecule has 0 bridgehead atoms. The van der Waals surface area contributed by atoms with Crippen LogP contribution < -0.4 is 0 Å². The number of halogens is 3. The van der Waals surface area contributed by atoms with Crippen molar-refractivity contribution in [2.45, 2.75) is 13.1 Å². The number of aryl methyl sites for hydroxylation is 1. The molecule has 0 aliphatic heterocycles. The molecule has 0 atom stereocenters. The lowest BCUT2D eigenvalue weighted by molar-refractivity contribution is -0.141. The molecule has 0 unspecified atom stereocenters. The van der Waals surface area contributed by atoms with Gasteiger partial charge < -0.3 is 0 Å². The first-order chi connectivity index (χ1) is 6.00. The fraction of sp³-hybridized carbons (Fsp3) is 0.250. The van der Waals surface area contributed by atoms with Gasteiger partial charge in [0.1, 0.15) is 5.69 Å². The first-order valence-corrected chi connectivity index (χ1v) is 4.06. The van der Waals surface area contributed by atoms with Gasteiger partial charge in [-0.15, -0.1) is 8.86 Å². The van der Waals surface area contributed by atoms with Gasteiger partial charge in [0, 0.05) is 6.20 Å². The van der Waals surface area contributed by atoms with Crippen LogP contribution in [-0.2, 0) is 6.18 Å². The van der Waals surface area contributed by atoms with Crippen molar-refractivity contribution in [1.29, 1.82) is 0 Å². The molecular weight excluding hydrogens is 198 g/mol. The molecule has 5 heteroatoms. The van der Waals surface area contributed by atoms with Crippen molar-refractivity contribution in [3.63, 3.8) is 0 Å². The lowest BCUT2D eigenvalue weighted by atomic mass is 10.3. The van der Waals surface area contributed by atoms with Crippen molar-refractivity contribution in [1.82, 2.24) is 4.98 Å². The summed E-state index contributed by atoms with van der Waals surface area (Å²) in [4.78, 5) is 3.22. The van der Waals surface area contributed by atoms with E-state index < -0.39 is 11.9 Å². The lowest BCUT2D eigenvalue weighted by Gasteiger charge is -2.03. The monoisotopic (exact) mass is 207 g/mol. The van der Waals surface area contributed by atoms with Gasteiger partial charge in [0.2, 0.25) is 0 Å². The van der Waals surface area contributed by atoms with E-state index in [1.165, 1.54) is 12.3 Å². The van der Waals surface area contributed by atoms with Crippen LogP contribution in [0.1, 0.15) is 11.3 Å². The highest BCUT2D eigenvalue weighted by Crippen LogP contribution is 2.26. The molecule has 1 rings (SSSR count). The third-order valence-electron chi connectivity index (χ3n) is 1.20. The van der Waals surface area contributed by atoms with Crippen LogP contribution in [0.4, 0.5) is 13.2 Å². The van der Waals surface area contributed by atoms with Crippen molar-refractivity contribution >= 4 is 15.2 Å². The van der Waals surface area contributed by atoms with Crippen LogP contribution in [0.5, 0.6) is 0 Å². The Bertz CT molecular complexity index is 255. The minimum absolute atomic E-state index is 0.720. The summed E-state index contributed by atoms with van der Waals surface area (Å²) in [5.74, 6) is 0. The maximum absolute atomic E-state index is 11.9. The van der Waals surface area contributed by atoms with Gasteiger partial charge >= 0.3 is 6.18 Å². The number of rotatable bonds is 0. The van der Waals surface area contributed by atoms with E-state index in [9.17, 15) is 13.2 Å². The summed E-state index contributed by atoms with van der Waals surface area (Å²) in [5.41, 5.74) is -0.124. The van der Waals surface area contributed by atoms with Gasteiger partial charge in [-0.3, -0.25) is 4.98 Å². The predicted octanol–water partition coefficient (Wildman–Crippen LogP) is 2.97. The van der Waals surface area contributed by atoms with Gasteiger partial charge in [0.05, 0.1) is 0 Å². The third kappa shape index (κ3) is 4.04. The highest BCUT2D eigenvalue weighted by Gasteiger charge is 2.31. The van der Waals surface area contributed by atoms with E-state index in [2.05, 4.69) is 20.1 Å². The van der Waals surface area contributed by atoms with Crippen LogP contribution in [0.3, 0.4) is 0 Å². The Morgan fingerprint density at radius 1 is 1.31 bits per heavy atom. The van der Waals surface area contributed by atoms with Gasteiger partial charge in [-0.25, -0.2) is 0 Å². The molecule has 0 amide bonds. The van der Waals surface area contributed by atoms with Gasteiger partial charge in [0.25, 0.3) is 0 Å². The van der Waals surface area contributed by atoms with Gasteiger partial charge in [-0.2, -0.15) is 13.2 Å².